The number of carbonyl (C=O) groups excluding carboxylic acids is 2. The van der Waals surface area contributed by atoms with Crippen molar-refractivity contribution in [3.63, 3.8) is 0 Å². The van der Waals surface area contributed by atoms with E-state index in [9.17, 15) is 9.59 Å². The minimum atomic E-state index is -0.273. The summed E-state index contributed by atoms with van der Waals surface area (Å²) in [6, 6.07) is 21.8. The van der Waals surface area contributed by atoms with Crippen LogP contribution in [0.25, 0.3) is 10.8 Å². The van der Waals surface area contributed by atoms with Crippen molar-refractivity contribution in [1.82, 2.24) is 0 Å². The van der Waals surface area contributed by atoms with Gasteiger partial charge in [-0.1, -0.05) is 48.5 Å². The molecule has 0 aliphatic carbocycles. The lowest BCUT2D eigenvalue weighted by atomic mass is 10.1. The number of hydrogen-bond acceptors (Lipinski definition) is 2. The van der Waals surface area contributed by atoms with Gasteiger partial charge < -0.3 is 10.2 Å². The lowest BCUT2D eigenvalue weighted by Gasteiger charge is -2.32. The Balaban J connectivity index is 1.52. The highest BCUT2D eigenvalue weighted by atomic mass is 16.2. The Hall–Kier alpha value is -3.18. The standard InChI is InChI=1S/C23H23N3O2/c1-16(23(28)26-15-22(27)24-20-9-5-6-10-21(20)26)25(2)14-17-11-12-18-7-3-4-8-19(18)13-17/h3-13,16H,14-15H2,1-2H3,(H,24,27)/p+1/t16-/m1/s1. The molecule has 3 aromatic rings. The number of nitrogens with one attached hydrogen (secondary N) is 2. The Labute approximate surface area is 164 Å². The highest BCUT2D eigenvalue weighted by Crippen LogP contribution is 2.29. The van der Waals surface area contributed by atoms with Gasteiger partial charge in [-0.25, -0.2) is 0 Å². The summed E-state index contributed by atoms with van der Waals surface area (Å²) in [5.74, 6) is -0.202. The van der Waals surface area contributed by atoms with E-state index in [-0.39, 0.29) is 24.4 Å². The number of amides is 2. The molecule has 0 fully saturated rings. The molecule has 4 rings (SSSR count). The summed E-state index contributed by atoms with van der Waals surface area (Å²) in [7, 11) is 2.02. The number of benzene rings is 3. The van der Waals surface area contributed by atoms with Gasteiger partial charge in [0.15, 0.2) is 6.04 Å². The molecule has 0 saturated carbocycles. The zero-order chi connectivity index (χ0) is 19.7. The molecule has 1 unspecified atom stereocenters. The van der Waals surface area contributed by atoms with Gasteiger partial charge in [0, 0.05) is 5.56 Å². The summed E-state index contributed by atoms with van der Waals surface area (Å²) < 4.78 is 0. The van der Waals surface area contributed by atoms with Gasteiger partial charge >= 0.3 is 0 Å². The zero-order valence-electron chi connectivity index (χ0n) is 16.1. The van der Waals surface area contributed by atoms with Crippen LogP contribution in [0.2, 0.25) is 0 Å². The Morgan fingerprint density at radius 1 is 1.07 bits per heavy atom. The molecule has 5 heteroatoms. The number of hydrogen-bond donors (Lipinski definition) is 2. The van der Waals surface area contributed by atoms with Gasteiger partial charge in [0.1, 0.15) is 13.1 Å². The Morgan fingerprint density at radius 3 is 2.61 bits per heavy atom. The van der Waals surface area contributed by atoms with E-state index in [0.29, 0.717) is 5.69 Å². The van der Waals surface area contributed by atoms with Crippen molar-refractivity contribution in [2.75, 3.05) is 23.8 Å². The van der Waals surface area contributed by atoms with Gasteiger partial charge in [-0.2, -0.15) is 0 Å². The number of rotatable bonds is 4. The number of nitrogens with zero attached hydrogens (tertiary/aromatic N) is 1. The predicted octanol–water partition coefficient (Wildman–Crippen LogP) is 2.23. The second-order valence-corrected chi connectivity index (χ2v) is 7.42. The maximum absolute atomic E-state index is 13.2. The summed E-state index contributed by atoms with van der Waals surface area (Å²) >= 11 is 0. The molecule has 0 radical (unpaired) electrons. The van der Waals surface area contributed by atoms with E-state index in [1.54, 1.807) is 4.90 Å². The fourth-order valence-corrected chi connectivity index (χ4v) is 3.70. The third kappa shape index (κ3) is 3.49. The average Bonchev–Trinajstić information content (AvgIpc) is 2.71. The smallest absolute Gasteiger partial charge is 0.285 e. The van der Waals surface area contributed by atoms with E-state index < -0.39 is 0 Å². The third-order valence-electron chi connectivity index (χ3n) is 5.44. The van der Waals surface area contributed by atoms with Crippen molar-refractivity contribution in [3.05, 3.63) is 72.3 Å². The van der Waals surface area contributed by atoms with Crippen molar-refractivity contribution in [1.29, 1.82) is 0 Å². The van der Waals surface area contributed by atoms with E-state index in [0.717, 1.165) is 17.1 Å². The normalized spacial score (nSPS) is 15.6. The fraction of sp³-hybridized carbons (Fsp3) is 0.217. The Kier molecular flexibility index (Phi) is 4.84. The fourth-order valence-electron chi connectivity index (χ4n) is 3.70. The quantitative estimate of drug-likeness (QED) is 0.736. The summed E-state index contributed by atoms with van der Waals surface area (Å²) in [4.78, 5) is 27.9. The van der Waals surface area contributed by atoms with Gasteiger partial charge in [-0.15, -0.1) is 0 Å². The minimum Gasteiger partial charge on any atom is -0.324 e. The summed E-state index contributed by atoms with van der Waals surface area (Å²) in [6.45, 7) is 2.72. The van der Waals surface area contributed by atoms with E-state index in [1.165, 1.54) is 16.3 Å². The minimum absolute atomic E-state index is 0.0411. The molecular formula is C23H24N3O2+. The molecule has 2 amide bonds. The van der Waals surface area contributed by atoms with Crippen LogP contribution in [0.4, 0.5) is 11.4 Å². The summed E-state index contributed by atoms with van der Waals surface area (Å²) in [5, 5.41) is 5.24. The highest BCUT2D eigenvalue weighted by molar-refractivity contribution is 6.10. The zero-order valence-corrected chi connectivity index (χ0v) is 16.1. The van der Waals surface area contributed by atoms with Crippen LogP contribution in [0, 0.1) is 0 Å². The molecule has 0 bridgehead atoms. The predicted molar refractivity (Wildman–Crippen MR) is 111 cm³/mol. The number of likely N-dealkylation sites (N-methyl/N-ethyl adjacent to an activating group) is 1. The maximum atomic E-state index is 13.2. The van der Waals surface area contributed by atoms with Crippen molar-refractivity contribution in [2.45, 2.75) is 19.5 Å². The molecule has 5 nitrogen and oxygen atoms in total. The van der Waals surface area contributed by atoms with Gasteiger partial charge in [0.2, 0.25) is 5.91 Å². The van der Waals surface area contributed by atoms with Crippen molar-refractivity contribution in [2.24, 2.45) is 0 Å². The van der Waals surface area contributed by atoms with Crippen LogP contribution in [0.3, 0.4) is 0 Å². The number of quaternary nitrogens is 1. The van der Waals surface area contributed by atoms with Gasteiger partial charge in [-0.3, -0.25) is 14.5 Å². The highest BCUT2D eigenvalue weighted by Gasteiger charge is 2.33. The molecule has 2 N–H and O–H groups in total. The lowest BCUT2D eigenvalue weighted by molar-refractivity contribution is -0.908. The number of anilines is 2. The van der Waals surface area contributed by atoms with Crippen molar-refractivity contribution in [3.8, 4) is 0 Å². The molecule has 1 heterocycles. The van der Waals surface area contributed by atoms with E-state index >= 15 is 0 Å². The van der Waals surface area contributed by atoms with Crippen molar-refractivity contribution < 1.29 is 14.5 Å². The second-order valence-electron chi connectivity index (χ2n) is 7.42. The first kappa shape index (κ1) is 18.2. The molecule has 2 atom stereocenters. The second kappa shape index (κ2) is 7.44. The monoisotopic (exact) mass is 374 g/mol. The molecule has 1 aliphatic heterocycles. The topological polar surface area (TPSA) is 53.9 Å². The number of fused-ring (bicyclic) bond motifs is 2. The largest absolute Gasteiger partial charge is 0.324 e. The van der Waals surface area contributed by atoms with Crippen LogP contribution in [-0.4, -0.2) is 31.4 Å². The first-order valence-electron chi connectivity index (χ1n) is 9.53. The summed E-state index contributed by atoms with van der Waals surface area (Å²) in [6.07, 6.45) is 0. The van der Waals surface area contributed by atoms with Crippen LogP contribution >= 0.6 is 0 Å². The van der Waals surface area contributed by atoms with Gasteiger partial charge in [0.05, 0.1) is 18.4 Å². The van der Waals surface area contributed by atoms with Crippen molar-refractivity contribution >= 4 is 34.0 Å². The molecule has 3 aromatic carbocycles. The third-order valence-corrected chi connectivity index (χ3v) is 5.44. The lowest BCUT2D eigenvalue weighted by Crippen LogP contribution is -3.12. The van der Waals surface area contributed by atoms with Crippen LogP contribution in [0.15, 0.2) is 66.7 Å². The molecular weight excluding hydrogens is 350 g/mol. The first-order valence-corrected chi connectivity index (χ1v) is 9.53. The maximum Gasteiger partial charge on any atom is 0.285 e. The van der Waals surface area contributed by atoms with Gasteiger partial charge in [0.25, 0.3) is 5.91 Å². The van der Waals surface area contributed by atoms with Crippen LogP contribution in [-0.2, 0) is 16.1 Å². The molecule has 28 heavy (non-hydrogen) atoms. The first-order chi connectivity index (χ1) is 13.5. The molecule has 0 spiro atoms. The average molecular weight is 374 g/mol. The van der Waals surface area contributed by atoms with Crippen LogP contribution in [0.5, 0.6) is 0 Å². The summed E-state index contributed by atoms with van der Waals surface area (Å²) in [5.41, 5.74) is 2.64. The van der Waals surface area contributed by atoms with Gasteiger partial charge in [-0.05, 0) is 35.9 Å². The Morgan fingerprint density at radius 2 is 1.79 bits per heavy atom. The van der Waals surface area contributed by atoms with E-state index in [2.05, 4.69) is 35.6 Å². The van der Waals surface area contributed by atoms with Crippen LogP contribution in [0.1, 0.15) is 12.5 Å². The number of carbonyl (C=O) groups is 2. The SMILES string of the molecule is C[C@H](C(=O)N1CC(=O)Nc2ccccc21)[NH+](C)Cc1ccc2ccccc2c1. The van der Waals surface area contributed by atoms with E-state index in [1.807, 2.05) is 50.4 Å². The van der Waals surface area contributed by atoms with E-state index in [4.69, 9.17) is 0 Å². The Bertz CT molecular complexity index is 1050. The molecule has 0 saturated heterocycles. The molecule has 142 valence electrons. The number of para-hydroxylation sites is 2. The molecule has 1 aliphatic rings. The van der Waals surface area contributed by atoms with Crippen LogP contribution < -0.4 is 15.1 Å². The molecule has 0 aromatic heterocycles.